The number of rotatable bonds is 8. The van der Waals surface area contributed by atoms with E-state index >= 15 is 0 Å². The summed E-state index contributed by atoms with van der Waals surface area (Å²) >= 11 is 0. The number of hydrogen-bond acceptors (Lipinski definition) is 4. The van der Waals surface area contributed by atoms with Gasteiger partial charge in [-0.25, -0.2) is 13.4 Å². The average molecular weight is 295 g/mol. The van der Waals surface area contributed by atoms with E-state index in [9.17, 15) is 8.42 Å². The quantitative estimate of drug-likeness (QED) is 0.733. The van der Waals surface area contributed by atoms with E-state index in [1.165, 1.54) is 10.4 Å². The molecule has 0 amide bonds. The Labute approximate surface area is 121 Å². The van der Waals surface area contributed by atoms with Gasteiger partial charge in [0.2, 0.25) is 0 Å². The fourth-order valence-electron chi connectivity index (χ4n) is 1.71. The summed E-state index contributed by atoms with van der Waals surface area (Å²) in [6.07, 6.45) is 7.52. The highest BCUT2D eigenvalue weighted by Crippen LogP contribution is 2.13. The number of aromatic nitrogens is 1. The van der Waals surface area contributed by atoms with Crippen LogP contribution >= 0.6 is 0 Å². The van der Waals surface area contributed by atoms with Crippen LogP contribution in [0.3, 0.4) is 0 Å². The minimum absolute atomic E-state index is 0.0430. The van der Waals surface area contributed by atoms with Gasteiger partial charge in [-0.2, -0.15) is 4.31 Å². The molecule has 0 bridgehead atoms. The van der Waals surface area contributed by atoms with Gasteiger partial charge in [0.25, 0.3) is 10.0 Å². The van der Waals surface area contributed by atoms with Crippen molar-refractivity contribution in [3.8, 4) is 12.3 Å². The average Bonchev–Trinajstić information content (AvgIpc) is 2.45. The van der Waals surface area contributed by atoms with Gasteiger partial charge in [0.05, 0.1) is 6.54 Å². The van der Waals surface area contributed by atoms with Gasteiger partial charge in [0.1, 0.15) is 0 Å². The van der Waals surface area contributed by atoms with Crippen molar-refractivity contribution in [1.82, 2.24) is 14.6 Å². The second kappa shape index (κ2) is 8.00. The summed E-state index contributed by atoms with van der Waals surface area (Å²) in [7, 11) is -3.60. The zero-order chi connectivity index (χ0) is 15.0. The standard InChI is InChI=1S/C14H21N3O2S/c1-4-9-17(10-5-2)20(18,19)14-8-7-13(12-16-14)11-15-6-3/h1,7-8,12,15H,5-6,9-11H2,2-3H3. The molecule has 110 valence electrons. The molecule has 0 aliphatic heterocycles. The van der Waals surface area contributed by atoms with Crippen molar-refractivity contribution in [3.05, 3.63) is 23.9 Å². The topological polar surface area (TPSA) is 62.3 Å². The molecule has 1 aromatic rings. The van der Waals surface area contributed by atoms with Crippen LogP contribution in [0.5, 0.6) is 0 Å². The summed E-state index contributed by atoms with van der Waals surface area (Å²) in [6, 6.07) is 3.30. The maximum absolute atomic E-state index is 12.4. The molecule has 0 radical (unpaired) electrons. The van der Waals surface area contributed by atoms with E-state index in [0.29, 0.717) is 19.5 Å². The molecule has 1 N–H and O–H groups in total. The van der Waals surface area contributed by atoms with Crippen LogP contribution in [0.15, 0.2) is 23.4 Å². The Hall–Kier alpha value is -1.42. The van der Waals surface area contributed by atoms with Gasteiger partial charge in [-0.05, 0) is 24.6 Å². The second-order valence-electron chi connectivity index (χ2n) is 4.33. The summed E-state index contributed by atoms with van der Waals surface area (Å²) in [4.78, 5) is 4.05. The summed E-state index contributed by atoms with van der Waals surface area (Å²) in [5.74, 6) is 2.38. The largest absolute Gasteiger partial charge is 0.313 e. The molecule has 20 heavy (non-hydrogen) atoms. The van der Waals surface area contributed by atoms with Crippen LogP contribution in [0.4, 0.5) is 0 Å². The van der Waals surface area contributed by atoms with Gasteiger partial charge in [-0.3, -0.25) is 0 Å². The van der Waals surface area contributed by atoms with Crippen molar-refractivity contribution in [2.45, 2.75) is 31.8 Å². The zero-order valence-corrected chi connectivity index (χ0v) is 12.8. The molecular weight excluding hydrogens is 274 g/mol. The highest BCUT2D eigenvalue weighted by Gasteiger charge is 2.24. The number of pyridine rings is 1. The van der Waals surface area contributed by atoms with Gasteiger partial charge in [0.15, 0.2) is 5.03 Å². The molecule has 0 saturated carbocycles. The molecule has 0 spiro atoms. The first-order valence-corrected chi connectivity index (χ1v) is 8.09. The van der Waals surface area contributed by atoms with Gasteiger partial charge in [-0.15, -0.1) is 6.42 Å². The van der Waals surface area contributed by atoms with E-state index in [1.54, 1.807) is 12.3 Å². The first kappa shape index (κ1) is 16.6. The van der Waals surface area contributed by atoms with Crippen molar-refractivity contribution in [1.29, 1.82) is 0 Å². The fourth-order valence-corrected chi connectivity index (χ4v) is 3.06. The van der Waals surface area contributed by atoms with E-state index in [0.717, 1.165) is 12.1 Å². The Morgan fingerprint density at radius 2 is 2.15 bits per heavy atom. The summed E-state index contributed by atoms with van der Waals surface area (Å²) in [5, 5.41) is 3.20. The zero-order valence-electron chi connectivity index (χ0n) is 12.0. The smallest absolute Gasteiger partial charge is 0.261 e. The lowest BCUT2D eigenvalue weighted by molar-refractivity contribution is 0.443. The number of nitrogens with one attached hydrogen (secondary N) is 1. The molecule has 1 heterocycles. The normalized spacial score (nSPS) is 11.5. The molecule has 6 heteroatoms. The molecule has 0 aliphatic rings. The Morgan fingerprint density at radius 1 is 1.40 bits per heavy atom. The van der Waals surface area contributed by atoms with Crippen molar-refractivity contribution < 1.29 is 8.42 Å². The highest BCUT2D eigenvalue weighted by molar-refractivity contribution is 7.89. The van der Waals surface area contributed by atoms with Gasteiger partial charge in [0, 0.05) is 19.3 Å². The van der Waals surface area contributed by atoms with Gasteiger partial charge >= 0.3 is 0 Å². The molecular formula is C14H21N3O2S. The second-order valence-corrected chi connectivity index (χ2v) is 6.21. The van der Waals surface area contributed by atoms with Crippen molar-refractivity contribution in [2.24, 2.45) is 0 Å². The summed E-state index contributed by atoms with van der Waals surface area (Å²) < 4.78 is 26.1. The third-order valence-corrected chi connectivity index (χ3v) is 4.48. The molecule has 0 unspecified atom stereocenters. The number of nitrogens with zero attached hydrogens (tertiary/aromatic N) is 2. The Bertz CT molecular complexity index is 547. The SMILES string of the molecule is C#CCN(CCC)S(=O)(=O)c1ccc(CNCC)cn1. The highest BCUT2D eigenvalue weighted by atomic mass is 32.2. The lowest BCUT2D eigenvalue weighted by atomic mass is 10.3. The maximum Gasteiger partial charge on any atom is 0.261 e. The predicted molar refractivity (Wildman–Crippen MR) is 79.5 cm³/mol. The molecule has 0 aliphatic carbocycles. The van der Waals surface area contributed by atoms with E-state index in [2.05, 4.69) is 16.2 Å². The van der Waals surface area contributed by atoms with E-state index in [1.807, 2.05) is 13.8 Å². The first-order chi connectivity index (χ1) is 9.56. The van der Waals surface area contributed by atoms with Crippen LogP contribution in [-0.2, 0) is 16.6 Å². The number of sulfonamides is 1. The van der Waals surface area contributed by atoms with Crippen molar-refractivity contribution in [2.75, 3.05) is 19.6 Å². The van der Waals surface area contributed by atoms with Crippen LogP contribution in [0.25, 0.3) is 0 Å². The lowest BCUT2D eigenvalue weighted by Gasteiger charge is -2.18. The van der Waals surface area contributed by atoms with Crippen LogP contribution in [-0.4, -0.2) is 37.3 Å². The van der Waals surface area contributed by atoms with Gasteiger partial charge < -0.3 is 5.32 Å². The monoisotopic (exact) mass is 295 g/mol. The van der Waals surface area contributed by atoms with Crippen LogP contribution in [0.1, 0.15) is 25.8 Å². The molecule has 0 saturated heterocycles. The number of terminal acetylenes is 1. The Morgan fingerprint density at radius 3 is 2.65 bits per heavy atom. The van der Waals surface area contributed by atoms with Crippen molar-refractivity contribution in [3.63, 3.8) is 0 Å². The fraction of sp³-hybridized carbons (Fsp3) is 0.500. The Balaban J connectivity index is 2.93. The lowest BCUT2D eigenvalue weighted by Crippen LogP contribution is -2.32. The van der Waals surface area contributed by atoms with E-state index in [-0.39, 0.29) is 11.6 Å². The first-order valence-electron chi connectivity index (χ1n) is 6.65. The molecule has 1 rings (SSSR count). The van der Waals surface area contributed by atoms with Gasteiger partial charge in [-0.1, -0.05) is 25.8 Å². The van der Waals surface area contributed by atoms with Crippen LogP contribution < -0.4 is 5.32 Å². The molecule has 1 aromatic heterocycles. The van der Waals surface area contributed by atoms with E-state index < -0.39 is 10.0 Å². The predicted octanol–water partition coefficient (Wildman–Crippen LogP) is 1.22. The van der Waals surface area contributed by atoms with Crippen molar-refractivity contribution >= 4 is 10.0 Å². The maximum atomic E-state index is 12.4. The molecule has 0 fully saturated rings. The van der Waals surface area contributed by atoms with Crippen LogP contribution in [0, 0.1) is 12.3 Å². The number of hydrogen-bond donors (Lipinski definition) is 1. The summed E-state index contributed by atoms with van der Waals surface area (Å²) in [5.41, 5.74) is 0.949. The van der Waals surface area contributed by atoms with E-state index in [4.69, 9.17) is 6.42 Å². The molecule has 5 nitrogen and oxygen atoms in total. The molecule has 0 atom stereocenters. The van der Waals surface area contributed by atoms with Crippen LogP contribution in [0.2, 0.25) is 0 Å². The minimum Gasteiger partial charge on any atom is -0.313 e. The Kier molecular flexibility index (Phi) is 6.65. The third kappa shape index (κ3) is 4.30. The summed E-state index contributed by atoms with van der Waals surface area (Å²) in [6.45, 7) is 5.91. The third-order valence-electron chi connectivity index (χ3n) is 2.72. The minimum atomic E-state index is -3.60. The molecule has 0 aromatic carbocycles.